The highest BCUT2D eigenvalue weighted by Gasteiger charge is 2.36. The van der Waals surface area contributed by atoms with Crippen molar-refractivity contribution >= 4 is 11.0 Å². The molecule has 3 heterocycles. The third kappa shape index (κ3) is 3.21. The summed E-state index contributed by atoms with van der Waals surface area (Å²) in [7, 11) is 0. The molecule has 0 atom stereocenters. The minimum atomic E-state index is -2.60. The molecule has 1 N–H and O–H groups in total. The van der Waals surface area contributed by atoms with Crippen LogP contribution in [0.2, 0.25) is 0 Å². The van der Waals surface area contributed by atoms with E-state index in [9.17, 15) is 13.6 Å². The van der Waals surface area contributed by atoms with Gasteiger partial charge in [0.25, 0.3) is 5.56 Å². The van der Waals surface area contributed by atoms with Gasteiger partial charge >= 0.3 is 0 Å². The molecule has 0 aromatic carbocycles. The van der Waals surface area contributed by atoms with E-state index in [4.69, 9.17) is 0 Å². The van der Waals surface area contributed by atoms with Crippen LogP contribution < -0.4 is 5.56 Å². The summed E-state index contributed by atoms with van der Waals surface area (Å²) in [6, 6.07) is 3.87. The van der Waals surface area contributed by atoms with Crippen molar-refractivity contribution in [1.82, 2.24) is 24.7 Å². The summed E-state index contributed by atoms with van der Waals surface area (Å²) in [5, 5.41) is 4.70. The first kappa shape index (κ1) is 17.5. The average molecular weight is 385 g/mol. The lowest BCUT2D eigenvalue weighted by molar-refractivity contribution is -0.0446. The van der Waals surface area contributed by atoms with Crippen LogP contribution in [0.4, 0.5) is 8.78 Å². The molecule has 3 aromatic heterocycles. The van der Waals surface area contributed by atoms with E-state index in [-0.39, 0.29) is 24.4 Å². The fourth-order valence-electron chi connectivity index (χ4n) is 4.12. The Morgan fingerprint density at radius 3 is 2.75 bits per heavy atom. The van der Waals surface area contributed by atoms with Gasteiger partial charge in [0.1, 0.15) is 11.2 Å². The van der Waals surface area contributed by atoms with Crippen LogP contribution in [0.15, 0.2) is 29.3 Å². The lowest BCUT2D eigenvalue weighted by atomic mass is 9.92. The number of alkyl halides is 2. The fraction of sp³-hybridized carbons (Fsp3) is 0.500. The minimum absolute atomic E-state index is 0.156. The van der Waals surface area contributed by atoms with Gasteiger partial charge in [-0.3, -0.25) is 9.78 Å². The van der Waals surface area contributed by atoms with Gasteiger partial charge in [-0.2, -0.15) is 5.10 Å². The molecule has 0 amide bonds. The van der Waals surface area contributed by atoms with Crippen molar-refractivity contribution in [2.75, 3.05) is 0 Å². The highest BCUT2D eigenvalue weighted by Crippen LogP contribution is 2.41. The molecule has 5 rings (SSSR count). The molecule has 0 radical (unpaired) electrons. The Balaban J connectivity index is 1.49. The van der Waals surface area contributed by atoms with Crippen LogP contribution in [0.5, 0.6) is 0 Å². The first-order chi connectivity index (χ1) is 13.5. The Morgan fingerprint density at radius 2 is 2.00 bits per heavy atom. The van der Waals surface area contributed by atoms with Crippen molar-refractivity contribution in [3.63, 3.8) is 0 Å². The van der Waals surface area contributed by atoms with Crippen LogP contribution in [0.25, 0.3) is 11.0 Å². The summed E-state index contributed by atoms with van der Waals surface area (Å²) in [5.41, 5.74) is 2.36. The van der Waals surface area contributed by atoms with Crippen molar-refractivity contribution < 1.29 is 8.78 Å². The van der Waals surface area contributed by atoms with Gasteiger partial charge in [0.15, 0.2) is 5.65 Å². The Morgan fingerprint density at radius 1 is 1.21 bits per heavy atom. The lowest BCUT2D eigenvalue weighted by Crippen LogP contribution is -2.27. The first-order valence-corrected chi connectivity index (χ1v) is 9.78. The average Bonchev–Trinajstić information content (AvgIpc) is 3.42. The van der Waals surface area contributed by atoms with Gasteiger partial charge in [-0.1, -0.05) is 6.07 Å². The number of nitrogens with one attached hydrogen (secondary N) is 1. The van der Waals surface area contributed by atoms with E-state index in [1.165, 1.54) is 24.6 Å². The van der Waals surface area contributed by atoms with E-state index in [1.54, 1.807) is 10.9 Å². The number of fused-ring (bicyclic) bond motifs is 1. The van der Waals surface area contributed by atoms with Gasteiger partial charge in [-0.15, -0.1) is 0 Å². The Kier molecular flexibility index (Phi) is 4.03. The highest BCUT2D eigenvalue weighted by atomic mass is 19.3. The molecule has 0 aliphatic heterocycles. The number of rotatable bonds is 4. The number of hydrogen-bond donors (Lipinski definition) is 1. The highest BCUT2D eigenvalue weighted by molar-refractivity contribution is 5.73. The molecular formula is C20H21F2N5O. The van der Waals surface area contributed by atoms with Crippen LogP contribution in [0.1, 0.15) is 67.6 Å². The zero-order valence-corrected chi connectivity index (χ0v) is 15.4. The van der Waals surface area contributed by atoms with Crippen LogP contribution in [0, 0.1) is 0 Å². The van der Waals surface area contributed by atoms with Crippen molar-refractivity contribution in [2.24, 2.45) is 0 Å². The number of aromatic amines is 1. The molecule has 0 spiro atoms. The molecule has 2 aliphatic carbocycles. The Bertz CT molecular complexity index is 1080. The van der Waals surface area contributed by atoms with Crippen LogP contribution in [-0.4, -0.2) is 30.7 Å². The van der Waals surface area contributed by atoms with Crippen LogP contribution >= 0.6 is 0 Å². The quantitative estimate of drug-likeness (QED) is 0.742. The normalized spacial score (nSPS) is 19.9. The second-order valence-corrected chi connectivity index (χ2v) is 7.92. The van der Waals surface area contributed by atoms with E-state index in [2.05, 4.69) is 26.1 Å². The van der Waals surface area contributed by atoms with E-state index in [0.717, 1.165) is 5.69 Å². The summed E-state index contributed by atoms with van der Waals surface area (Å²) in [4.78, 5) is 24.5. The first-order valence-electron chi connectivity index (χ1n) is 9.78. The molecule has 2 saturated carbocycles. The predicted molar refractivity (Wildman–Crippen MR) is 99.6 cm³/mol. The summed E-state index contributed by atoms with van der Waals surface area (Å²) in [5.74, 6) is -1.53. The van der Waals surface area contributed by atoms with E-state index < -0.39 is 5.92 Å². The van der Waals surface area contributed by atoms with E-state index in [0.29, 0.717) is 42.0 Å². The van der Waals surface area contributed by atoms with Crippen molar-refractivity contribution in [2.45, 2.75) is 62.8 Å². The van der Waals surface area contributed by atoms with Crippen LogP contribution in [-0.2, 0) is 6.42 Å². The standard InChI is InChI=1S/C20H21F2N5O/c21-20(22)7-5-13(6-8-20)27-18-15(11-24-27)19(28)26-17(25-18)10-16-14(12-3-4-12)2-1-9-23-16/h1-2,9,11-13H,3-8,10H2,(H,25,26,28). The maximum atomic E-state index is 13.5. The molecule has 0 unspecified atom stereocenters. The predicted octanol–water partition coefficient (Wildman–Crippen LogP) is 3.73. The number of pyridine rings is 1. The molecule has 146 valence electrons. The van der Waals surface area contributed by atoms with Crippen LogP contribution in [0.3, 0.4) is 0 Å². The maximum Gasteiger partial charge on any atom is 0.262 e. The van der Waals surface area contributed by atoms with Crippen molar-refractivity contribution in [3.05, 3.63) is 52.0 Å². The smallest absolute Gasteiger partial charge is 0.262 e. The summed E-state index contributed by atoms with van der Waals surface area (Å²) in [6.45, 7) is 0. The number of hydrogen-bond acceptors (Lipinski definition) is 4. The third-order valence-electron chi connectivity index (χ3n) is 5.82. The topological polar surface area (TPSA) is 76.5 Å². The second kappa shape index (κ2) is 6.46. The van der Waals surface area contributed by atoms with Gasteiger partial charge < -0.3 is 4.98 Å². The lowest BCUT2D eigenvalue weighted by Gasteiger charge is -2.28. The number of halogens is 2. The third-order valence-corrected chi connectivity index (χ3v) is 5.82. The monoisotopic (exact) mass is 385 g/mol. The molecule has 2 fully saturated rings. The molecule has 2 aliphatic rings. The SMILES string of the molecule is O=c1[nH]c(Cc2ncccc2C2CC2)nc2c1cnn2C1CCC(F)(F)CC1. The molecule has 28 heavy (non-hydrogen) atoms. The van der Waals surface area contributed by atoms with Crippen molar-refractivity contribution in [3.8, 4) is 0 Å². The van der Waals surface area contributed by atoms with Gasteiger partial charge in [0.2, 0.25) is 5.92 Å². The van der Waals surface area contributed by atoms with E-state index >= 15 is 0 Å². The summed E-state index contributed by atoms with van der Waals surface area (Å²) >= 11 is 0. The molecule has 3 aromatic rings. The second-order valence-electron chi connectivity index (χ2n) is 7.92. The molecule has 6 nitrogen and oxygen atoms in total. The maximum absolute atomic E-state index is 13.5. The molecule has 0 saturated heterocycles. The number of H-pyrrole nitrogens is 1. The Labute approximate surface area is 160 Å². The van der Waals surface area contributed by atoms with Gasteiger partial charge in [0.05, 0.1) is 17.9 Å². The molecular weight excluding hydrogens is 364 g/mol. The minimum Gasteiger partial charge on any atom is -0.310 e. The fourth-order valence-corrected chi connectivity index (χ4v) is 4.12. The summed E-state index contributed by atoms with van der Waals surface area (Å²) in [6.07, 6.45) is 6.35. The zero-order valence-electron chi connectivity index (χ0n) is 15.4. The zero-order chi connectivity index (χ0) is 19.3. The number of aromatic nitrogens is 5. The largest absolute Gasteiger partial charge is 0.310 e. The van der Waals surface area contributed by atoms with Gasteiger partial charge in [-0.25, -0.2) is 18.4 Å². The van der Waals surface area contributed by atoms with E-state index in [1.807, 2.05) is 6.07 Å². The van der Waals surface area contributed by atoms with Gasteiger partial charge in [0, 0.05) is 25.5 Å². The number of nitrogens with zero attached hydrogens (tertiary/aromatic N) is 4. The van der Waals surface area contributed by atoms with Gasteiger partial charge in [-0.05, 0) is 43.2 Å². The Hall–Kier alpha value is -2.64. The summed E-state index contributed by atoms with van der Waals surface area (Å²) < 4.78 is 28.7. The molecule has 8 heteroatoms. The van der Waals surface area contributed by atoms with Crippen molar-refractivity contribution in [1.29, 1.82) is 0 Å². The molecule has 0 bridgehead atoms.